The molecule has 0 spiro atoms. The Labute approximate surface area is 158 Å². The van der Waals surface area contributed by atoms with Gasteiger partial charge in [-0.05, 0) is 57.4 Å². The summed E-state index contributed by atoms with van der Waals surface area (Å²) >= 11 is 0. The van der Waals surface area contributed by atoms with E-state index in [9.17, 15) is 9.59 Å². The van der Waals surface area contributed by atoms with Crippen LogP contribution in [-0.4, -0.2) is 40.7 Å². The molecular formula is C20H27N5O2. The molecule has 7 heteroatoms. The van der Waals surface area contributed by atoms with Gasteiger partial charge in [0, 0.05) is 36.6 Å². The Morgan fingerprint density at radius 1 is 1.11 bits per heavy atom. The van der Waals surface area contributed by atoms with E-state index in [0.29, 0.717) is 24.9 Å². The Hall–Kier alpha value is -2.41. The quantitative estimate of drug-likeness (QED) is 0.718. The molecule has 1 unspecified atom stereocenters. The lowest BCUT2D eigenvalue weighted by Crippen LogP contribution is -2.39. The molecule has 3 N–H and O–H groups in total. The Balaban J connectivity index is 1.54. The van der Waals surface area contributed by atoms with E-state index in [4.69, 9.17) is 0 Å². The number of benzene rings is 1. The van der Waals surface area contributed by atoms with E-state index in [0.717, 1.165) is 35.1 Å². The van der Waals surface area contributed by atoms with Gasteiger partial charge in [-0.25, -0.2) is 0 Å². The van der Waals surface area contributed by atoms with Gasteiger partial charge >= 0.3 is 0 Å². The lowest BCUT2D eigenvalue weighted by molar-refractivity contribution is -0.134. The van der Waals surface area contributed by atoms with E-state index < -0.39 is 0 Å². The molecule has 0 bridgehead atoms. The summed E-state index contributed by atoms with van der Waals surface area (Å²) in [6.07, 6.45) is 5.60. The molecule has 144 valence electrons. The molecule has 1 aromatic heterocycles. The van der Waals surface area contributed by atoms with Crippen LogP contribution in [0.5, 0.6) is 0 Å². The monoisotopic (exact) mass is 369 g/mol. The molecule has 1 aliphatic carbocycles. The molecule has 1 aromatic carbocycles. The van der Waals surface area contributed by atoms with Gasteiger partial charge < -0.3 is 10.6 Å². The van der Waals surface area contributed by atoms with E-state index in [-0.39, 0.29) is 17.7 Å². The van der Waals surface area contributed by atoms with Crippen LogP contribution >= 0.6 is 0 Å². The number of amides is 2. The van der Waals surface area contributed by atoms with Crippen molar-refractivity contribution in [3.05, 3.63) is 23.9 Å². The number of nitrogens with zero attached hydrogens (tertiary/aromatic N) is 2. The third-order valence-corrected chi connectivity index (χ3v) is 5.96. The van der Waals surface area contributed by atoms with Crippen LogP contribution in [0.25, 0.3) is 10.9 Å². The first-order valence-electron chi connectivity index (χ1n) is 9.79. The van der Waals surface area contributed by atoms with Crippen molar-refractivity contribution in [1.82, 2.24) is 20.4 Å². The van der Waals surface area contributed by atoms with Gasteiger partial charge in [0.15, 0.2) is 0 Å². The summed E-state index contributed by atoms with van der Waals surface area (Å²) in [5.41, 5.74) is 2.86. The Morgan fingerprint density at radius 3 is 2.56 bits per heavy atom. The van der Waals surface area contributed by atoms with E-state index in [1.807, 2.05) is 24.8 Å². The Bertz CT molecular complexity index is 867. The minimum absolute atomic E-state index is 0.198. The van der Waals surface area contributed by atoms with Gasteiger partial charge in [-0.2, -0.15) is 5.10 Å². The maximum absolute atomic E-state index is 12.2. The van der Waals surface area contributed by atoms with Gasteiger partial charge in [0.1, 0.15) is 0 Å². The molecule has 2 aromatic rings. The average molecular weight is 369 g/mol. The topological polar surface area (TPSA) is 88.0 Å². The smallest absolute Gasteiger partial charge is 0.235 e. The summed E-state index contributed by atoms with van der Waals surface area (Å²) in [6.45, 7) is 0. The third kappa shape index (κ3) is 3.56. The summed E-state index contributed by atoms with van der Waals surface area (Å²) in [6, 6.07) is 7.36. The average Bonchev–Trinajstić information content (AvgIpc) is 2.98. The van der Waals surface area contributed by atoms with Crippen LogP contribution in [0, 0.1) is 0 Å². The lowest BCUT2D eigenvalue weighted by Gasteiger charge is -2.29. The molecule has 1 atom stereocenters. The van der Waals surface area contributed by atoms with Crippen LogP contribution in [-0.2, 0) is 16.6 Å². The van der Waals surface area contributed by atoms with Crippen molar-refractivity contribution in [1.29, 1.82) is 0 Å². The summed E-state index contributed by atoms with van der Waals surface area (Å²) in [4.78, 5) is 23.7. The standard InChI is InChI=1S/C20H27N5O2/c1-21-12-3-5-13(6-4-12)22-14-7-8-15-17(11-14)25(2)24-19(15)16-9-10-18(26)23-20(16)27/h7-8,11-13,16,21-22H,3-6,9-10H2,1-2H3,(H,23,26,27)/t12-,13+,16?. The fourth-order valence-electron chi connectivity index (χ4n) is 4.35. The second-order valence-electron chi connectivity index (χ2n) is 7.73. The zero-order chi connectivity index (χ0) is 19.0. The zero-order valence-corrected chi connectivity index (χ0v) is 15.9. The number of fused-ring (bicyclic) bond motifs is 1. The largest absolute Gasteiger partial charge is 0.382 e. The van der Waals surface area contributed by atoms with Crippen LogP contribution in [0.2, 0.25) is 0 Å². The molecule has 1 saturated heterocycles. The number of carbonyl (C=O) groups is 2. The molecule has 2 amide bonds. The predicted molar refractivity (Wildman–Crippen MR) is 105 cm³/mol. The van der Waals surface area contributed by atoms with Gasteiger partial charge in [-0.1, -0.05) is 0 Å². The number of aromatic nitrogens is 2. The minimum atomic E-state index is -0.359. The summed E-state index contributed by atoms with van der Waals surface area (Å²) in [7, 11) is 3.94. The van der Waals surface area contributed by atoms with E-state index in [1.165, 1.54) is 12.8 Å². The van der Waals surface area contributed by atoms with Crippen LogP contribution in [0.4, 0.5) is 5.69 Å². The molecule has 2 fully saturated rings. The fourth-order valence-corrected chi connectivity index (χ4v) is 4.35. The Kier molecular flexibility index (Phi) is 4.86. The van der Waals surface area contributed by atoms with Gasteiger partial charge in [0.05, 0.1) is 17.1 Å². The predicted octanol–water partition coefficient (Wildman–Crippen LogP) is 2.04. The number of imide groups is 1. The van der Waals surface area contributed by atoms with Crippen molar-refractivity contribution in [2.45, 2.75) is 56.5 Å². The molecule has 1 saturated carbocycles. The molecule has 7 nitrogen and oxygen atoms in total. The van der Waals surface area contributed by atoms with Crippen molar-refractivity contribution < 1.29 is 9.59 Å². The second-order valence-corrected chi connectivity index (χ2v) is 7.73. The van der Waals surface area contributed by atoms with E-state index in [2.05, 4.69) is 33.2 Å². The summed E-state index contributed by atoms with van der Waals surface area (Å²) < 4.78 is 1.83. The maximum atomic E-state index is 12.2. The van der Waals surface area contributed by atoms with E-state index in [1.54, 1.807) is 0 Å². The second kappa shape index (κ2) is 7.31. The summed E-state index contributed by atoms with van der Waals surface area (Å²) in [5, 5.41) is 15.0. The highest BCUT2D eigenvalue weighted by Crippen LogP contribution is 2.32. The number of aryl methyl sites for hydroxylation is 1. The van der Waals surface area contributed by atoms with Crippen LogP contribution < -0.4 is 16.0 Å². The highest BCUT2D eigenvalue weighted by molar-refractivity contribution is 6.02. The van der Waals surface area contributed by atoms with Crippen LogP contribution in [0.15, 0.2) is 18.2 Å². The normalized spacial score (nSPS) is 26.2. The molecule has 2 aliphatic rings. The van der Waals surface area contributed by atoms with Crippen LogP contribution in [0.3, 0.4) is 0 Å². The molecule has 27 heavy (non-hydrogen) atoms. The molecule has 1 aliphatic heterocycles. The highest BCUT2D eigenvalue weighted by atomic mass is 16.2. The molecule has 0 radical (unpaired) electrons. The number of hydrogen-bond donors (Lipinski definition) is 3. The van der Waals surface area contributed by atoms with Gasteiger partial charge in [0.25, 0.3) is 0 Å². The first-order chi connectivity index (χ1) is 13.0. The number of carbonyl (C=O) groups excluding carboxylic acids is 2. The van der Waals surface area contributed by atoms with Crippen molar-refractivity contribution in [2.75, 3.05) is 12.4 Å². The number of rotatable bonds is 4. The van der Waals surface area contributed by atoms with Gasteiger partial charge in [0.2, 0.25) is 11.8 Å². The molecule has 4 rings (SSSR count). The van der Waals surface area contributed by atoms with Crippen molar-refractivity contribution in [2.24, 2.45) is 7.05 Å². The first-order valence-corrected chi connectivity index (χ1v) is 9.79. The Morgan fingerprint density at radius 2 is 1.85 bits per heavy atom. The number of anilines is 1. The van der Waals surface area contributed by atoms with Crippen molar-refractivity contribution in [3.8, 4) is 0 Å². The zero-order valence-electron chi connectivity index (χ0n) is 15.9. The number of nitrogens with one attached hydrogen (secondary N) is 3. The third-order valence-electron chi connectivity index (χ3n) is 5.96. The molecule has 2 heterocycles. The maximum Gasteiger partial charge on any atom is 0.235 e. The highest BCUT2D eigenvalue weighted by Gasteiger charge is 2.31. The summed E-state index contributed by atoms with van der Waals surface area (Å²) in [5.74, 6) is -0.798. The van der Waals surface area contributed by atoms with Crippen LogP contribution in [0.1, 0.15) is 50.1 Å². The number of piperidine rings is 1. The van der Waals surface area contributed by atoms with Crippen molar-refractivity contribution >= 4 is 28.4 Å². The SMILES string of the molecule is CN[C@H]1CC[C@@H](Nc2ccc3c(C4CCC(=O)NC4=O)nn(C)c3c2)CC1. The van der Waals surface area contributed by atoms with E-state index >= 15 is 0 Å². The lowest BCUT2D eigenvalue weighted by atomic mass is 9.91. The van der Waals surface area contributed by atoms with Crippen molar-refractivity contribution in [3.63, 3.8) is 0 Å². The number of hydrogen-bond acceptors (Lipinski definition) is 5. The minimum Gasteiger partial charge on any atom is -0.382 e. The molecular weight excluding hydrogens is 342 g/mol. The van der Waals surface area contributed by atoms with Gasteiger partial charge in [-0.3, -0.25) is 19.6 Å². The first kappa shape index (κ1) is 18.0. The van der Waals surface area contributed by atoms with Gasteiger partial charge in [-0.15, -0.1) is 0 Å². The fraction of sp³-hybridized carbons (Fsp3) is 0.550.